The third-order valence-electron chi connectivity index (χ3n) is 6.67. The van der Waals surface area contributed by atoms with E-state index in [1.54, 1.807) is 31.4 Å². The minimum absolute atomic E-state index is 0.0747. The van der Waals surface area contributed by atoms with Crippen molar-refractivity contribution in [1.82, 2.24) is 14.9 Å². The third-order valence-corrected chi connectivity index (χ3v) is 6.96. The monoisotopic (exact) mass is 566 g/mol. The molecule has 10 heteroatoms. The second-order valence-corrected chi connectivity index (χ2v) is 10.1. The Labute approximate surface area is 238 Å². The highest BCUT2D eigenvalue weighted by atomic mass is 35.5. The Morgan fingerprint density at radius 3 is 2.62 bits per heavy atom. The van der Waals surface area contributed by atoms with Crippen molar-refractivity contribution in [3.05, 3.63) is 77.3 Å². The summed E-state index contributed by atoms with van der Waals surface area (Å²) in [5, 5.41) is 4.53. The minimum Gasteiger partial charge on any atom is -0.491 e. The average Bonchev–Trinajstić information content (AvgIpc) is 2.94. The Kier molecular flexibility index (Phi) is 9.15. The van der Waals surface area contributed by atoms with Crippen LogP contribution in [0, 0.1) is 5.82 Å². The lowest BCUT2D eigenvalue weighted by Gasteiger charge is -2.30. The van der Waals surface area contributed by atoms with Crippen molar-refractivity contribution in [3.63, 3.8) is 0 Å². The van der Waals surface area contributed by atoms with E-state index in [1.807, 2.05) is 18.2 Å². The number of halogens is 2. The van der Waals surface area contributed by atoms with Crippen molar-refractivity contribution in [2.45, 2.75) is 25.6 Å². The molecule has 0 amide bonds. The maximum atomic E-state index is 13.5. The molecule has 1 saturated heterocycles. The molecule has 0 saturated carbocycles. The first-order valence-electron chi connectivity index (χ1n) is 13.2. The minimum atomic E-state index is -0.309. The molecule has 210 valence electrons. The number of nitrogens with one attached hydrogen (secondary N) is 1. The van der Waals surface area contributed by atoms with Crippen LogP contribution < -0.4 is 19.5 Å². The maximum absolute atomic E-state index is 13.5. The summed E-state index contributed by atoms with van der Waals surface area (Å²) in [4.78, 5) is 11.3. The van der Waals surface area contributed by atoms with Gasteiger partial charge in [0.05, 0.1) is 22.5 Å². The van der Waals surface area contributed by atoms with Crippen LogP contribution in [0.4, 0.5) is 15.9 Å². The van der Waals surface area contributed by atoms with Gasteiger partial charge in [0, 0.05) is 38.0 Å². The zero-order valence-corrected chi connectivity index (χ0v) is 23.3. The molecule has 1 fully saturated rings. The predicted octanol–water partition coefficient (Wildman–Crippen LogP) is 6.24. The number of likely N-dealkylation sites (tertiary alicyclic amines) is 1. The first-order chi connectivity index (χ1) is 19.5. The molecule has 2 heterocycles. The Morgan fingerprint density at radius 1 is 1.00 bits per heavy atom. The molecule has 1 aromatic heterocycles. The fourth-order valence-electron chi connectivity index (χ4n) is 4.55. The van der Waals surface area contributed by atoms with Gasteiger partial charge in [0.1, 0.15) is 54.5 Å². The van der Waals surface area contributed by atoms with Crippen molar-refractivity contribution in [3.8, 4) is 17.2 Å². The van der Waals surface area contributed by atoms with E-state index in [4.69, 9.17) is 30.5 Å². The number of rotatable bonds is 11. The van der Waals surface area contributed by atoms with Crippen molar-refractivity contribution in [2.75, 3.05) is 45.8 Å². The summed E-state index contributed by atoms with van der Waals surface area (Å²) in [5.74, 6) is 2.08. The Morgan fingerprint density at radius 2 is 1.85 bits per heavy atom. The fourth-order valence-corrected chi connectivity index (χ4v) is 4.78. The van der Waals surface area contributed by atoms with Gasteiger partial charge in [-0.05, 0) is 55.8 Å². The van der Waals surface area contributed by atoms with E-state index >= 15 is 0 Å². The molecule has 0 atom stereocenters. The van der Waals surface area contributed by atoms with Crippen LogP contribution in [0.15, 0.2) is 60.9 Å². The van der Waals surface area contributed by atoms with E-state index < -0.39 is 0 Å². The molecule has 4 aromatic rings. The van der Waals surface area contributed by atoms with E-state index in [0.29, 0.717) is 58.1 Å². The lowest BCUT2D eigenvalue weighted by molar-refractivity contribution is 0.115. The zero-order chi connectivity index (χ0) is 27.9. The molecule has 1 aliphatic rings. The largest absolute Gasteiger partial charge is 0.491 e. The molecular weight excluding hydrogens is 535 g/mol. The van der Waals surface area contributed by atoms with Gasteiger partial charge in [-0.3, -0.25) is 0 Å². The van der Waals surface area contributed by atoms with Gasteiger partial charge >= 0.3 is 0 Å². The quantitative estimate of drug-likeness (QED) is 0.214. The summed E-state index contributed by atoms with van der Waals surface area (Å²) < 4.78 is 36.9. The number of ether oxygens (including phenoxy) is 4. The van der Waals surface area contributed by atoms with Crippen LogP contribution >= 0.6 is 11.6 Å². The van der Waals surface area contributed by atoms with Gasteiger partial charge in [0.2, 0.25) is 0 Å². The summed E-state index contributed by atoms with van der Waals surface area (Å²) in [5.41, 5.74) is 2.12. The third kappa shape index (κ3) is 7.10. The van der Waals surface area contributed by atoms with E-state index in [-0.39, 0.29) is 18.5 Å². The summed E-state index contributed by atoms with van der Waals surface area (Å²) in [7, 11) is 3.76. The van der Waals surface area contributed by atoms with E-state index in [0.717, 1.165) is 31.3 Å². The standard InChI is InChI=1S/C30H32ClFN4O4/c1-36-10-8-23(9-11-36)40-28-17-24(38-13-12-37-2)16-26-29(28)30(34-19-33-26)35-22-6-7-27(25(31)15-22)39-18-20-4-3-5-21(32)14-20/h3-7,14-17,19,23H,8-13,18H2,1-2H3,(H,33,34,35). The van der Waals surface area contributed by atoms with Gasteiger partial charge in [0.15, 0.2) is 0 Å². The van der Waals surface area contributed by atoms with Crippen molar-refractivity contribution < 1.29 is 23.3 Å². The van der Waals surface area contributed by atoms with E-state index in [2.05, 4.69) is 27.2 Å². The van der Waals surface area contributed by atoms with Crippen LogP contribution in [0.3, 0.4) is 0 Å². The lowest BCUT2D eigenvalue weighted by Crippen LogP contribution is -2.35. The number of hydrogen-bond donors (Lipinski definition) is 1. The molecule has 0 radical (unpaired) electrons. The number of hydrogen-bond acceptors (Lipinski definition) is 8. The van der Waals surface area contributed by atoms with Gasteiger partial charge in [-0.1, -0.05) is 23.7 Å². The second kappa shape index (κ2) is 13.1. The highest BCUT2D eigenvalue weighted by Crippen LogP contribution is 2.38. The van der Waals surface area contributed by atoms with Gasteiger partial charge in [-0.25, -0.2) is 14.4 Å². The van der Waals surface area contributed by atoms with Crippen LogP contribution in [0.2, 0.25) is 5.02 Å². The summed E-state index contributed by atoms with van der Waals surface area (Å²) in [6.07, 6.45) is 3.43. The highest BCUT2D eigenvalue weighted by Gasteiger charge is 2.21. The maximum Gasteiger partial charge on any atom is 0.145 e. The topological polar surface area (TPSA) is 78.0 Å². The fraction of sp³-hybridized carbons (Fsp3) is 0.333. The molecule has 0 spiro atoms. The number of methoxy groups -OCH3 is 1. The summed E-state index contributed by atoms with van der Waals surface area (Å²) >= 11 is 6.54. The van der Waals surface area contributed by atoms with Crippen LogP contribution in [-0.4, -0.2) is 61.4 Å². The normalized spacial score (nSPS) is 14.3. The average molecular weight is 567 g/mol. The number of benzene rings is 3. The van der Waals surface area contributed by atoms with Crippen LogP contribution in [-0.2, 0) is 11.3 Å². The molecule has 1 N–H and O–H groups in total. The lowest BCUT2D eigenvalue weighted by atomic mass is 10.1. The summed E-state index contributed by atoms with van der Waals surface area (Å²) in [6.45, 7) is 3.04. The SMILES string of the molecule is COCCOc1cc(OC2CCN(C)CC2)c2c(Nc3ccc(OCc4cccc(F)c4)c(Cl)c3)ncnc2c1. The Hall–Kier alpha value is -3.66. The van der Waals surface area contributed by atoms with Gasteiger partial charge in [0.25, 0.3) is 0 Å². The molecule has 5 rings (SSSR count). The zero-order valence-electron chi connectivity index (χ0n) is 22.5. The van der Waals surface area contributed by atoms with Crippen LogP contribution in [0.1, 0.15) is 18.4 Å². The van der Waals surface area contributed by atoms with E-state index in [1.165, 1.54) is 18.5 Å². The molecule has 0 aliphatic carbocycles. The molecule has 8 nitrogen and oxygen atoms in total. The van der Waals surface area contributed by atoms with Crippen LogP contribution in [0.5, 0.6) is 17.2 Å². The first kappa shape index (κ1) is 27.9. The van der Waals surface area contributed by atoms with Gasteiger partial charge < -0.3 is 29.2 Å². The molecule has 1 aliphatic heterocycles. The molecule has 40 heavy (non-hydrogen) atoms. The Balaban J connectivity index is 1.39. The highest BCUT2D eigenvalue weighted by molar-refractivity contribution is 6.32. The predicted molar refractivity (Wildman–Crippen MR) is 154 cm³/mol. The van der Waals surface area contributed by atoms with Gasteiger partial charge in [-0.15, -0.1) is 0 Å². The number of piperidine rings is 1. The summed E-state index contributed by atoms with van der Waals surface area (Å²) in [6, 6.07) is 15.4. The van der Waals surface area contributed by atoms with Crippen molar-refractivity contribution >= 4 is 34.0 Å². The molecule has 3 aromatic carbocycles. The number of anilines is 2. The second-order valence-electron chi connectivity index (χ2n) is 9.69. The van der Waals surface area contributed by atoms with E-state index in [9.17, 15) is 4.39 Å². The smallest absolute Gasteiger partial charge is 0.145 e. The molecule has 0 bridgehead atoms. The number of nitrogens with zero attached hydrogens (tertiary/aromatic N) is 3. The first-order valence-corrected chi connectivity index (χ1v) is 13.6. The number of aromatic nitrogens is 2. The number of fused-ring (bicyclic) bond motifs is 1. The van der Waals surface area contributed by atoms with Gasteiger partial charge in [-0.2, -0.15) is 0 Å². The van der Waals surface area contributed by atoms with Crippen molar-refractivity contribution in [2.24, 2.45) is 0 Å². The van der Waals surface area contributed by atoms with Crippen molar-refractivity contribution in [1.29, 1.82) is 0 Å². The molecule has 0 unspecified atom stereocenters. The Bertz CT molecular complexity index is 1450. The van der Waals surface area contributed by atoms with Crippen LogP contribution in [0.25, 0.3) is 10.9 Å². The molecular formula is C30H32ClFN4O4.